The van der Waals surface area contributed by atoms with Gasteiger partial charge in [0.15, 0.2) is 11.5 Å². The molecule has 0 bridgehead atoms. The minimum atomic E-state index is -0.142. The van der Waals surface area contributed by atoms with Crippen molar-refractivity contribution >= 4 is 22.5 Å². The lowest BCUT2D eigenvalue weighted by Crippen LogP contribution is -2.13. The number of nitrogens with zero attached hydrogens (tertiary/aromatic N) is 1. The average Bonchev–Trinajstić information content (AvgIpc) is 2.86. The number of anilines is 1. The van der Waals surface area contributed by atoms with Gasteiger partial charge in [-0.2, -0.15) is 0 Å². The van der Waals surface area contributed by atoms with E-state index in [0.717, 1.165) is 16.6 Å². The molecule has 1 amide bonds. The van der Waals surface area contributed by atoms with Crippen LogP contribution in [0.1, 0.15) is 16.1 Å². The molecule has 0 saturated carbocycles. The first-order valence-electron chi connectivity index (χ1n) is 7.64. The lowest BCUT2D eigenvalue weighted by atomic mass is 10.1. The molecule has 0 saturated heterocycles. The SMILES string of the molecule is COc1ccc(NC(=O)c2c(C)n(C)c3ccccc23)cc1OC. The minimum absolute atomic E-state index is 0.142. The average molecular weight is 324 g/mol. The van der Waals surface area contributed by atoms with E-state index in [9.17, 15) is 4.79 Å². The summed E-state index contributed by atoms with van der Waals surface area (Å²) in [5.74, 6) is 1.05. The summed E-state index contributed by atoms with van der Waals surface area (Å²) in [5, 5.41) is 3.88. The van der Waals surface area contributed by atoms with Gasteiger partial charge in [0.1, 0.15) is 0 Å². The molecule has 2 aromatic carbocycles. The molecule has 1 heterocycles. The number of carbonyl (C=O) groups excluding carboxylic acids is 1. The fraction of sp³-hybridized carbons (Fsp3) is 0.211. The molecule has 3 aromatic rings. The summed E-state index contributed by atoms with van der Waals surface area (Å²) >= 11 is 0. The standard InChI is InChI=1S/C19H20N2O3/c1-12-18(14-7-5-6-8-15(14)21(12)2)19(22)20-13-9-10-16(23-3)17(11-13)24-4/h5-11H,1-4H3,(H,20,22). The van der Waals surface area contributed by atoms with Crippen molar-refractivity contribution in [3.05, 3.63) is 53.7 Å². The number of hydrogen-bond acceptors (Lipinski definition) is 3. The van der Waals surface area contributed by atoms with E-state index < -0.39 is 0 Å². The number of aromatic nitrogens is 1. The molecule has 0 fully saturated rings. The molecule has 3 rings (SSSR count). The molecule has 5 heteroatoms. The maximum absolute atomic E-state index is 12.8. The first kappa shape index (κ1) is 15.9. The highest BCUT2D eigenvalue weighted by molar-refractivity contribution is 6.14. The first-order valence-corrected chi connectivity index (χ1v) is 7.64. The second-order valence-corrected chi connectivity index (χ2v) is 5.56. The summed E-state index contributed by atoms with van der Waals surface area (Å²) in [6.45, 7) is 1.95. The normalized spacial score (nSPS) is 10.7. The van der Waals surface area contributed by atoms with E-state index in [1.54, 1.807) is 32.4 Å². The molecule has 0 spiro atoms. The van der Waals surface area contributed by atoms with Crippen LogP contribution in [-0.2, 0) is 7.05 Å². The third-order valence-electron chi connectivity index (χ3n) is 4.27. The number of aryl methyl sites for hydroxylation is 1. The van der Waals surface area contributed by atoms with E-state index >= 15 is 0 Å². The van der Waals surface area contributed by atoms with Crippen molar-refractivity contribution < 1.29 is 14.3 Å². The number of methoxy groups -OCH3 is 2. The molecule has 1 aromatic heterocycles. The third-order valence-corrected chi connectivity index (χ3v) is 4.27. The van der Waals surface area contributed by atoms with Gasteiger partial charge in [-0.3, -0.25) is 4.79 Å². The van der Waals surface area contributed by atoms with Gasteiger partial charge in [0, 0.05) is 35.4 Å². The van der Waals surface area contributed by atoms with Crippen molar-refractivity contribution in [2.24, 2.45) is 7.05 Å². The van der Waals surface area contributed by atoms with E-state index in [-0.39, 0.29) is 5.91 Å². The van der Waals surface area contributed by atoms with Crippen molar-refractivity contribution in [1.29, 1.82) is 0 Å². The summed E-state index contributed by atoms with van der Waals surface area (Å²) in [6, 6.07) is 13.2. The Kier molecular flexibility index (Phi) is 4.16. The Labute approximate surface area is 140 Å². The fourth-order valence-corrected chi connectivity index (χ4v) is 2.91. The Morgan fingerprint density at radius 3 is 2.46 bits per heavy atom. The van der Waals surface area contributed by atoms with Crippen LogP contribution in [0.15, 0.2) is 42.5 Å². The Morgan fingerprint density at radius 1 is 1.04 bits per heavy atom. The molecule has 1 N–H and O–H groups in total. The minimum Gasteiger partial charge on any atom is -0.493 e. The second-order valence-electron chi connectivity index (χ2n) is 5.56. The van der Waals surface area contributed by atoms with Crippen LogP contribution >= 0.6 is 0 Å². The van der Waals surface area contributed by atoms with Gasteiger partial charge in [-0.25, -0.2) is 0 Å². The molecular weight excluding hydrogens is 304 g/mol. The van der Waals surface area contributed by atoms with Crippen molar-refractivity contribution in [3.63, 3.8) is 0 Å². The first-order chi connectivity index (χ1) is 11.6. The predicted octanol–water partition coefficient (Wildman–Crippen LogP) is 3.76. The second kappa shape index (κ2) is 6.28. The predicted molar refractivity (Wildman–Crippen MR) is 95.2 cm³/mol. The number of fused-ring (bicyclic) bond motifs is 1. The molecule has 24 heavy (non-hydrogen) atoms. The van der Waals surface area contributed by atoms with E-state index in [4.69, 9.17) is 9.47 Å². The van der Waals surface area contributed by atoms with Gasteiger partial charge >= 0.3 is 0 Å². The zero-order valence-corrected chi connectivity index (χ0v) is 14.2. The number of ether oxygens (including phenoxy) is 2. The zero-order chi connectivity index (χ0) is 17.3. The van der Waals surface area contributed by atoms with Crippen LogP contribution in [-0.4, -0.2) is 24.7 Å². The Morgan fingerprint density at radius 2 is 1.75 bits per heavy atom. The summed E-state index contributed by atoms with van der Waals surface area (Å²) in [7, 11) is 5.11. The molecule has 0 atom stereocenters. The molecule has 5 nitrogen and oxygen atoms in total. The largest absolute Gasteiger partial charge is 0.493 e. The highest BCUT2D eigenvalue weighted by atomic mass is 16.5. The van der Waals surface area contributed by atoms with Gasteiger partial charge in [-0.1, -0.05) is 18.2 Å². The lowest BCUT2D eigenvalue weighted by Gasteiger charge is -2.11. The highest BCUT2D eigenvalue weighted by Gasteiger charge is 2.18. The van der Waals surface area contributed by atoms with Crippen molar-refractivity contribution in [2.45, 2.75) is 6.92 Å². The zero-order valence-electron chi connectivity index (χ0n) is 14.2. The number of nitrogens with one attached hydrogen (secondary N) is 1. The molecule has 0 unspecified atom stereocenters. The summed E-state index contributed by atoms with van der Waals surface area (Å²) in [6.07, 6.45) is 0. The molecule has 124 valence electrons. The summed E-state index contributed by atoms with van der Waals surface area (Å²) in [4.78, 5) is 12.8. The van der Waals surface area contributed by atoms with Crippen molar-refractivity contribution in [1.82, 2.24) is 4.57 Å². The molecule has 0 aliphatic rings. The number of rotatable bonds is 4. The summed E-state index contributed by atoms with van der Waals surface area (Å²) < 4.78 is 12.5. The number of hydrogen-bond donors (Lipinski definition) is 1. The Bertz CT molecular complexity index is 912. The van der Waals surface area contributed by atoms with Gasteiger partial charge in [0.2, 0.25) is 0 Å². The van der Waals surface area contributed by atoms with Gasteiger partial charge in [0.05, 0.1) is 19.8 Å². The molecule has 0 aliphatic carbocycles. The van der Waals surface area contributed by atoms with Crippen LogP contribution in [0, 0.1) is 6.92 Å². The Balaban J connectivity index is 1.98. The fourth-order valence-electron chi connectivity index (χ4n) is 2.91. The van der Waals surface area contributed by atoms with Crippen molar-refractivity contribution in [2.75, 3.05) is 19.5 Å². The van der Waals surface area contributed by atoms with Gasteiger partial charge in [-0.05, 0) is 25.1 Å². The molecule has 0 aliphatic heterocycles. The van der Waals surface area contributed by atoms with Crippen LogP contribution in [0.3, 0.4) is 0 Å². The Hall–Kier alpha value is -2.95. The highest BCUT2D eigenvalue weighted by Crippen LogP contribution is 2.31. The quantitative estimate of drug-likeness (QED) is 0.795. The molecule has 0 radical (unpaired) electrons. The van der Waals surface area contributed by atoms with Crippen LogP contribution in [0.2, 0.25) is 0 Å². The van der Waals surface area contributed by atoms with Gasteiger partial charge in [-0.15, -0.1) is 0 Å². The van der Waals surface area contributed by atoms with Crippen LogP contribution in [0.4, 0.5) is 5.69 Å². The maximum atomic E-state index is 12.8. The van der Waals surface area contributed by atoms with Crippen LogP contribution in [0.25, 0.3) is 10.9 Å². The van der Waals surface area contributed by atoms with E-state index in [2.05, 4.69) is 5.32 Å². The smallest absolute Gasteiger partial charge is 0.258 e. The van der Waals surface area contributed by atoms with Gasteiger partial charge in [0.25, 0.3) is 5.91 Å². The molecular formula is C19H20N2O3. The monoisotopic (exact) mass is 324 g/mol. The summed E-state index contributed by atoms with van der Waals surface area (Å²) in [5.41, 5.74) is 3.30. The van der Waals surface area contributed by atoms with Crippen LogP contribution in [0.5, 0.6) is 11.5 Å². The lowest BCUT2D eigenvalue weighted by molar-refractivity contribution is 0.102. The topological polar surface area (TPSA) is 52.5 Å². The number of benzene rings is 2. The van der Waals surface area contributed by atoms with E-state index in [0.29, 0.717) is 22.7 Å². The third kappa shape index (κ3) is 2.58. The van der Waals surface area contributed by atoms with E-state index in [1.807, 2.05) is 42.8 Å². The van der Waals surface area contributed by atoms with Crippen LogP contribution < -0.4 is 14.8 Å². The maximum Gasteiger partial charge on any atom is 0.258 e. The number of amides is 1. The van der Waals surface area contributed by atoms with Gasteiger partial charge < -0.3 is 19.4 Å². The van der Waals surface area contributed by atoms with E-state index in [1.165, 1.54) is 0 Å². The van der Waals surface area contributed by atoms with Crippen molar-refractivity contribution in [3.8, 4) is 11.5 Å². The number of para-hydroxylation sites is 1. The number of carbonyl (C=O) groups is 1.